The lowest BCUT2D eigenvalue weighted by Crippen LogP contribution is -2.47. The van der Waals surface area contributed by atoms with Gasteiger partial charge >= 0.3 is 5.97 Å². The molecule has 0 bridgehead atoms. The van der Waals surface area contributed by atoms with E-state index in [1.54, 1.807) is 25.3 Å². The first kappa shape index (κ1) is 27.0. The van der Waals surface area contributed by atoms with Gasteiger partial charge in [0.25, 0.3) is 5.69 Å². The second-order valence-corrected chi connectivity index (χ2v) is 9.74. The van der Waals surface area contributed by atoms with Gasteiger partial charge in [0, 0.05) is 68.0 Å². The van der Waals surface area contributed by atoms with Crippen LogP contribution in [0.3, 0.4) is 0 Å². The summed E-state index contributed by atoms with van der Waals surface area (Å²) in [5.41, 5.74) is 2.71. The van der Waals surface area contributed by atoms with Crippen LogP contribution in [0.4, 0.5) is 11.5 Å². The van der Waals surface area contributed by atoms with Gasteiger partial charge in [0.2, 0.25) is 12.3 Å². The van der Waals surface area contributed by atoms with Crippen LogP contribution in [0.1, 0.15) is 37.6 Å². The number of non-ortho nitro benzene ring substituents is 1. The Kier molecular flexibility index (Phi) is 8.15. The van der Waals surface area contributed by atoms with E-state index in [-0.39, 0.29) is 18.2 Å². The third-order valence-corrected chi connectivity index (χ3v) is 7.18. The normalized spacial score (nSPS) is 18.1. The molecule has 1 saturated heterocycles. The Morgan fingerprint density at radius 1 is 1.15 bits per heavy atom. The number of benzene rings is 1. The molecule has 5 rings (SSSR count). The van der Waals surface area contributed by atoms with Crippen molar-refractivity contribution in [1.29, 1.82) is 0 Å². The highest BCUT2D eigenvalue weighted by atomic mass is 16.6. The van der Waals surface area contributed by atoms with Crippen LogP contribution in [0, 0.1) is 10.1 Å². The molecule has 1 aromatic carbocycles. The molecule has 1 unspecified atom stereocenters. The van der Waals surface area contributed by atoms with Gasteiger partial charge in [-0.25, -0.2) is 9.78 Å². The number of esters is 1. The average molecular weight is 546 g/mol. The van der Waals surface area contributed by atoms with Crippen LogP contribution in [0.15, 0.2) is 76.4 Å². The Labute approximate surface area is 231 Å². The molecule has 2 aromatic heterocycles. The molecule has 12 nitrogen and oxygen atoms in total. The highest BCUT2D eigenvalue weighted by Crippen LogP contribution is 2.43. The van der Waals surface area contributed by atoms with E-state index < -0.39 is 16.8 Å². The molecule has 2 aliphatic rings. The second kappa shape index (κ2) is 12.1. The average Bonchev–Trinajstić information content (AvgIpc) is 3.50. The molecule has 208 valence electrons. The maximum atomic E-state index is 13.5. The molecule has 0 radical (unpaired) electrons. The molecule has 4 heterocycles. The maximum absolute atomic E-state index is 13.5. The van der Waals surface area contributed by atoms with Gasteiger partial charge < -0.3 is 19.4 Å². The van der Waals surface area contributed by atoms with Crippen LogP contribution in [-0.2, 0) is 9.53 Å². The van der Waals surface area contributed by atoms with Crippen LogP contribution in [0.5, 0.6) is 0 Å². The first-order valence-electron chi connectivity index (χ1n) is 13.2. The zero-order valence-electron chi connectivity index (χ0n) is 22.4. The van der Waals surface area contributed by atoms with Crippen molar-refractivity contribution in [2.24, 2.45) is 0 Å². The summed E-state index contributed by atoms with van der Waals surface area (Å²) < 4.78 is 11.3. The van der Waals surface area contributed by atoms with Gasteiger partial charge in [-0.05, 0) is 38.0 Å². The van der Waals surface area contributed by atoms with E-state index in [1.165, 1.54) is 18.5 Å². The van der Waals surface area contributed by atoms with E-state index in [9.17, 15) is 14.9 Å². The standard InChI is InChI=1S/C28H31N7O5/c1-19-24(27-32-30-18-40-27)26(21-7-5-8-22(17-21)35(37)38)25(20(2)31-19)28(36)39-16-6-11-33-12-14-34(15-13-33)23-9-3-4-10-29-23/h3-5,7-10,17-18,26,31H,6,11-16H2,1-2H3. The maximum Gasteiger partial charge on any atom is 0.336 e. The van der Waals surface area contributed by atoms with E-state index in [4.69, 9.17) is 9.15 Å². The minimum Gasteiger partial charge on any atom is -0.462 e. The number of pyridine rings is 1. The van der Waals surface area contributed by atoms with E-state index in [1.807, 2.05) is 25.1 Å². The predicted molar refractivity (Wildman–Crippen MR) is 147 cm³/mol. The molecule has 0 amide bonds. The lowest BCUT2D eigenvalue weighted by Gasteiger charge is -2.35. The highest BCUT2D eigenvalue weighted by molar-refractivity contribution is 5.97. The van der Waals surface area contributed by atoms with Crippen LogP contribution in [0.25, 0.3) is 5.57 Å². The molecule has 1 N–H and O–H groups in total. The van der Waals surface area contributed by atoms with Crippen molar-refractivity contribution in [3.63, 3.8) is 0 Å². The first-order chi connectivity index (χ1) is 19.4. The minimum absolute atomic E-state index is 0.0768. The Bertz CT molecular complexity index is 1410. The van der Waals surface area contributed by atoms with Crippen molar-refractivity contribution in [2.75, 3.05) is 44.2 Å². The fraction of sp³-hybridized carbons (Fsp3) is 0.357. The van der Waals surface area contributed by atoms with E-state index >= 15 is 0 Å². The van der Waals surface area contributed by atoms with E-state index in [0.29, 0.717) is 34.5 Å². The molecule has 2 aliphatic heterocycles. The van der Waals surface area contributed by atoms with Gasteiger partial charge in [0.1, 0.15) is 5.82 Å². The summed E-state index contributed by atoms with van der Waals surface area (Å²) in [5.74, 6) is 0.0345. The van der Waals surface area contributed by atoms with Gasteiger partial charge in [-0.2, -0.15) is 0 Å². The number of allylic oxidation sites excluding steroid dienone is 3. The van der Waals surface area contributed by atoms with Crippen LogP contribution < -0.4 is 10.2 Å². The van der Waals surface area contributed by atoms with Gasteiger partial charge in [0.15, 0.2) is 0 Å². The summed E-state index contributed by atoms with van der Waals surface area (Å²) in [5, 5.41) is 22.6. The van der Waals surface area contributed by atoms with Crippen molar-refractivity contribution in [1.82, 2.24) is 25.4 Å². The molecule has 3 aromatic rings. The number of dihydropyridines is 1. The van der Waals surface area contributed by atoms with Crippen molar-refractivity contribution in [3.8, 4) is 0 Å². The number of nitro benzene ring substituents is 1. The number of hydrogen-bond acceptors (Lipinski definition) is 11. The number of carbonyl (C=O) groups is 1. The summed E-state index contributed by atoms with van der Waals surface area (Å²) in [6.45, 7) is 8.28. The quantitative estimate of drug-likeness (QED) is 0.183. The molecule has 1 atom stereocenters. The summed E-state index contributed by atoms with van der Waals surface area (Å²) >= 11 is 0. The van der Waals surface area contributed by atoms with Gasteiger partial charge in [-0.3, -0.25) is 15.0 Å². The SMILES string of the molecule is CC1=C(C(=O)OCCCN2CCN(c3ccccn3)CC2)C(c2cccc([N+](=O)[O-])c2)C(c2nnco2)=C(C)N1. The number of anilines is 1. The smallest absolute Gasteiger partial charge is 0.336 e. The number of carbonyl (C=O) groups excluding carboxylic acids is 1. The number of piperazine rings is 1. The topological polar surface area (TPSA) is 140 Å². The van der Waals surface area contributed by atoms with Gasteiger partial charge in [-0.15, -0.1) is 10.2 Å². The predicted octanol–water partition coefficient (Wildman–Crippen LogP) is 3.52. The molecule has 0 aliphatic carbocycles. The third kappa shape index (κ3) is 5.86. The summed E-state index contributed by atoms with van der Waals surface area (Å²) in [6.07, 6.45) is 3.70. The minimum atomic E-state index is -0.686. The largest absolute Gasteiger partial charge is 0.462 e. The molecule has 0 saturated carbocycles. The number of rotatable bonds is 9. The zero-order chi connectivity index (χ0) is 28.1. The number of hydrogen-bond donors (Lipinski definition) is 1. The Morgan fingerprint density at radius 2 is 1.98 bits per heavy atom. The van der Waals surface area contributed by atoms with Gasteiger partial charge in [-0.1, -0.05) is 18.2 Å². The summed E-state index contributed by atoms with van der Waals surface area (Å²) in [4.78, 5) is 33.6. The molecule has 1 fully saturated rings. The molecule has 40 heavy (non-hydrogen) atoms. The van der Waals surface area contributed by atoms with Gasteiger partial charge in [0.05, 0.1) is 23.0 Å². The van der Waals surface area contributed by atoms with E-state index in [0.717, 1.165) is 38.5 Å². The monoisotopic (exact) mass is 545 g/mol. The Hall–Kier alpha value is -4.58. The Morgan fingerprint density at radius 3 is 2.67 bits per heavy atom. The molecular weight excluding hydrogens is 514 g/mol. The first-order valence-corrected chi connectivity index (χ1v) is 13.2. The van der Waals surface area contributed by atoms with Crippen LogP contribution in [0.2, 0.25) is 0 Å². The second-order valence-electron chi connectivity index (χ2n) is 9.74. The Balaban J connectivity index is 1.26. The fourth-order valence-corrected chi connectivity index (χ4v) is 5.26. The van der Waals surface area contributed by atoms with Crippen LogP contribution >= 0.6 is 0 Å². The fourth-order valence-electron chi connectivity index (χ4n) is 5.26. The van der Waals surface area contributed by atoms with E-state index in [2.05, 4.69) is 30.3 Å². The molecular formula is C28H31N7O5. The number of nitrogens with zero attached hydrogens (tertiary/aromatic N) is 6. The molecule has 12 heteroatoms. The lowest BCUT2D eigenvalue weighted by atomic mass is 9.80. The lowest BCUT2D eigenvalue weighted by molar-refractivity contribution is -0.384. The number of nitrogens with one attached hydrogen (secondary N) is 1. The van der Waals surface area contributed by atoms with Crippen molar-refractivity contribution in [2.45, 2.75) is 26.2 Å². The third-order valence-electron chi connectivity index (χ3n) is 7.18. The van der Waals surface area contributed by atoms with Crippen molar-refractivity contribution < 1.29 is 18.9 Å². The number of ether oxygens (including phenoxy) is 1. The number of aromatic nitrogens is 3. The van der Waals surface area contributed by atoms with Crippen molar-refractivity contribution >= 4 is 23.0 Å². The number of nitro groups is 1. The van der Waals surface area contributed by atoms with Crippen molar-refractivity contribution in [3.05, 3.63) is 93.6 Å². The zero-order valence-corrected chi connectivity index (χ0v) is 22.4. The molecule has 0 spiro atoms. The summed E-state index contributed by atoms with van der Waals surface area (Å²) in [6, 6.07) is 12.2. The highest BCUT2D eigenvalue weighted by Gasteiger charge is 2.37. The summed E-state index contributed by atoms with van der Waals surface area (Å²) in [7, 11) is 0. The van der Waals surface area contributed by atoms with Crippen LogP contribution in [-0.4, -0.2) is 70.3 Å².